The number of benzene rings is 2. The molecule has 7 heteroatoms. The van der Waals surface area contributed by atoms with Gasteiger partial charge in [-0.25, -0.2) is 0 Å². The van der Waals surface area contributed by atoms with Crippen LogP contribution in [0.3, 0.4) is 0 Å². The van der Waals surface area contributed by atoms with Crippen molar-refractivity contribution in [2.75, 3.05) is 12.1 Å². The zero-order valence-corrected chi connectivity index (χ0v) is 13.1. The maximum atomic E-state index is 12.4. The summed E-state index contributed by atoms with van der Waals surface area (Å²) in [5.41, 5.74) is 4.00. The molecule has 0 fully saturated rings. The van der Waals surface area contributed by atoms with Crippen molar-refractivity contribution in [3.05, 3.63) is 59.8 Å². The van der Waals surface area contributed by atoms with Gasteiger partial charge in [0, 0.05) is 16.8 Å². The summed E-state index contributed by atoms with van der Waals surface area (Å²) >= 11 is 0. The van der Waals surface area contributed by atoms with Gasteiger partial charge in [0.05, 0.1) is 17.5 Å². The number of anilines is 1. The lowest BCUT2D eigenvalue weighted by Gasteiger charge is -2.27. The Balaban J connectivity index is 1.53. The lowest BCUT2D eigenvalue weighted by molar-refractivity contribution is 0.0936. The SMILES string of the molecule is O=C1N[C@H](c2cn[nH]c2-c2ccc3c(c2)OCO3)Nc2ccccc21. The first kappa shape index (κ1) is 13.9. The molecule has 0 aliphatic carbocycles. The third kappa shape index (κ3) is 2.20. The van der Waals surface area contributed by atoms with Crippen molar-refractivity contribution in [1.29, 1.82) is 0 Å². The third-order valence-corrected chi connectivity index (χ3v) is 4.39. The number of nitrogens with one attached hydrogen (secondary N) is 3. The Morgan fingerprint density at radius 2 is 1.92 bits per heavy atom. The molecule has 7 nitrogen and oxygen atoms in total. The van der Waals surface area contributed by atoms with Gasteiger partial charge in [0.2, 0.25) is 6.79 Å². The zero-order valence-electron chi connectivity index (χ0n) is 13.1. The lowest BCUT2D eigenvalue weighted by atomic mass is 10.0. The van der Waals surface area contributed by atoms with Crippen LogP contribution in [0.1, 0.15) is 22.1 Å². The summed E-state index contributed by atoms with van der Waals surface area (Å²) in [6, 6.07) is 13.1. The van der Waals surface area contributed by atoms with Gasteiger partial charge in [-0.2, -0.15) is 5.10 Å². The number of fused-ring (bicyclic) bond motifs is 2. The number of carbonyl (C=O) groups excluding carboxylic acids is 1. The van der Waals surface area contributed by atoms with Gasteiger partial charge in [-0.05, 0) is 30.3 Å². The van der Waals surface area contributed by atoms with E-state index in [1.165, 1.54) is 0 Å². The normalized spacial score (nSPS) is 17.6. The quantitative estimate of drug-likeness (QED) is 0.670. The Labute approximate surface area is 143 Å². The molecular formula is C18H14N4O3. The summed E-state index contributed by atoms with van der Waals surface area (Å²) in [7, 11) is 0. The van der Waals surface area contributed by atoms with Gasteiger partial charge in [0.1, 0.15) is 6.17 Å². The molecule has 0 spiro atoms. The maximum Gasteiger partial charge on any atom is 0.255 e. The van der Waals surface area contributed by atoms with Crippen molar-refractivity contribution in [2.45, 2.75) is 6.17 Å². The minimum atomic E-state index is -0.374. The molecule has 25 heavy (non-hydrogen) atoms. The largest absolute Gasteiger partial charge is 0.454 e. The van der Waals surface area contributed by atoms with Gasteiger partial charge in [-0.15, -0.1) is 0 Å². The first-order chi connectivity index (χ1) is 12.3. The number of amides is 1. The number of rotatable bonds is 2. The molecule has 0 saturated carbocycles. The smallest absolute Gasteiger partial charge is 0.255 e. The van der Waals surface area contributed by atoms with Crippen LogP contribution in [0, 0.1) is 0 Å². The molecular weight excluding hydrogens is 320 g/mol. The second kappa shape index (κ2) is 5.27. The van der Waals surface area contributed by atoms with Crippen molar-refractivity contribution in [3.63, 3.8) is 0 Å². The van der Waals surface area contributed by atoms with Gasteiger partial charge in [-0.3, -0.25) is 9.89 Å². The van der Waals surface area contributed by atoms with E-state index < -0.39 is 0 Å². The Morgan fingerprint density at radius 3 is 2.88 bits per heavy atom. The highest BCUT2D eigenvalue weighted by atomic mass is 16.7. The number of hydrogen-bond donors (Lipinski definition) is 3. The van der Waals surface area contributed by atoms with Gasteiger partial charge >= 0.3 is 0 Å². The lowest BCUT2D eigenvalue weighted by Crippen LogP contribution is -2.38. The first-order valence-electron chi connectivity index (χ1n) is 7.89. The number of para-hydroxylation sites is 1. The topological polar surface area (TPSA) is 88.3 Å². The number of ether oxygens (including phenoxy) is 2. The number of carbonyl (C=O) groups is 1. The van der Waals surface area contributed by atoms with Crippen molar-refractivity contribution >= 4 is 11.6 Å². The highest BCUT2D eigenvalue weighted by molar-refractivity contribution is 6.01. The van der Waals surface area contributed by atoms with E-state index in [1.807, 2.05) is 36.4 Å². The number of aromatic nitrogens is 2. The molecule has 3 aromatic rings. The second-order valence-corrected chi connectivity index (χ2v) is 5.86. The molecule has 0 bridgehead atoms. The van der Waals surface area contributed by atoms with E-state index in [-0.39, 0.29) is 18.9 Å². The minimum Gasteiger partial charge on any atom is -0.454 e. The average molecular weight is 334 g/mol. The van der Waals surface area contributed by atoms with E-state index in [0.29, 0.717) is 11.3 Å². The second-order valence-electron chi connectivity index (χ2n) is 5.86. The number of H-pyrrole nitrogens is 1. The highest BCUT2D eigenvalue weighted by Crippen LogP contribution is 2.37. The average Bonchev–Trinajstić information content (AvgIpc) is 3.30. The summed E-state index contributed by atoms with van der Waals surface area (Å²) in [5, 5.41) is 13.5. The molecule has 0 saturated heterocycles. The van der Waals surface area contributed by atoms with Crippen molar-refractivity contribution < 1.29 is 14.3 Å². The van der Waals surface area contributed by atoms with E-state index in [9.17, 15) is 4.79 Å². The van der Waals surface area contributed by atoms with Gasteiger partial charge in [-0.1, -0.05) is 12.1 Å². The van der Waals surface area contributed by atoms with Crippen LogP contribution < -0.4 is 20.1 Å². The predicted molar refractivity (Wildman–Crippen MR) is 90.4 cm³/mol. The number of hydrogen-bond acceptors (Lipinski definition) is 5. The molecule has 3 heterocycles. The maximum absolute atomic E-state index is 12.4. The Hall–Kier alpha value is -3.48. The molecule has 5 rings (SSSR count). The predicted octanol–water partition coefficient (Wildman–Crippen LogP) is 2.66. The first-order valence-corrected chi connectivity index (χ1v) is 7.89. The fraction of sp³-hybridized carbons (Fsp3) is 0.111. The van der Waals surface area contributed by atoms with Crippen molar-refractivity contribution in [2.24, 2.45) is 0 Å². The van der Waals surface area contributed by atoms with Crippen LogP contribution in [0.5, 0.6) is 11.5 Å². The summed E-state index contributed by atoms with van der Waals surface area (Å²) in [6.07, 6.45) is 1.34. The molecule has 1 amide bonds. The molecule has 124 valence electrons. The van der Waals surface area contributed by atoms with E-state index in [1.54, 1.807) is 12.3 Å². The molecule has 2 aliphatic heterocycles. The Bertz CT molecular complexity index is 982. The molecule has 2 aromatic carbocycles. The number of nitrogens with zero attached hydrogens (tertiary/aromatic N) is 1. The summed E-state index contributed by atoms with van der Waals surface area (Å²) in [4.78, 5) is 12.4. The molecule has 2 aliphatic rings. The molecule has 0 radical (unpaired) electrons. The Kier molecular flexibility index (Phi) is 2.93. The van der Waals surface area contributed by atoms with Crippen LogP contribution in [-0.4, -0.2) is 22.9 Å². The Morgan fingerprint density at radius 1 is 1.04 bits per heavy atom. The van der Waals surface area contributed by atoms with Crippen LogP contribution in [-0.2, 0) is 0 Å². The molecule has 1 aromatic heterocycles. The van der Waals surface area contributed by atoms with E-state index in [4.69, 9.17) is 9.47 Å². The molecule has 3 N–H and O–H groups in total. The van der Waals surface area contributed by atoms with E-state index in [0.717, 1.165) is 28.3 Å². The van der Waals surface area contributed by atoms with Crippen LogP contribution >= 0.6 is 0 Å². The van der Waals surface area contributed by atoms with Crippen molar-refractivity contribution in [1.82, 2.24) is 15.5 Å². The van der Waals surface area contributed by atoms with Gasteiger partial charge in [0.25, 0.3) is 5.91 Å². The monoisotopic (exact) mass is 334 g/mol. The minimum absolute atomic E-state index is 0.114. The zero-order chi connectivity index (χ0) is 16.8. The number of aromatic amines is 1. The fourth-order valence-corrected chi connectivity index (χ4v) is 3.16. The molecule has 1 atom stereocenters. The summed E-state index contributed by atoms with van der Waals surface area (Å²) < 4.78 is 10.8. The molecule has 0 unspecified atom stereocenters. The van der Waals surface area contributed by atoms with Crippen LogP contribution in [0.2, 0.25) is 0 Å². The summed E-state index contributed by atoms with van der Waals surface area (Å²) in [6.45, 7) is 0.228. The van der Waals surface area contributed by atoms with Crippen LogP contribution in [0.4, 0.5) is 5.69 Å². The van der Waals surface area contributed by atoms with E-state index in [2.05, 4.69) is 20.8 Å². The fourth-order valence-electron chi connectivity index (χ4n) is 3.16. The third-order valence-electron chi connectivity index (χ3n) is 4.39. The van der Waals surface area contributed by atoms with E-state index >= 15 is 0 Å². The van der Waals surface area contributed by atoms with Crippen LogP contribution in [0.25, 0.3) is 11.3 Å². The highest BCUT2D eigenvalue weighted by Gasteiger charge is 2.27. The van der Waals surface area contributed by atoms with Gasteiger partial charge in [0.15, 0.2) is 11.5 Å². The summed E-state index contributed by atoms with van der Waals surface area (Å²) in [5.74, 6) is 1.31. The van der Waals surface area contributed by atoms with Gasteiger partial charge < -0.3 is 20.1 Å². The van der Waals surface area contributed by atoms with Crippen LogP contribution in [0.15, 0.2) is 48.7 Å². The standard InChI is InChI=1S/C18H14N4O3/c23-18-11-3-1-2-4-13(11)20-17(21-18)12-8-19-22-16(12)10-5-6-14-15(7-10)25-9-24-14/h1-8,17,20H,9H2,(H,19,22)(H,21,23)/t17-/m1/s1. The van der Waals surface area contributed by atoms with Crippen molar-refractivity contribution in [3.8, 4) is 22.8 Å².